The Morgan fingerprint density at radius 2 is 1.84 bits per heavy atom. The van der Waals surface area contributed by atoms with Crippen molar-refractivity contribution in [2.75, 3.05) is 13.1 Å². The second-order valence-corrected chi connectivity index (χ2v) is 11.2. The normalized spacial score (nSPS) is 20.8. The van der Waals surface area contributed by atoms with Gasteiger partial charge in [-0.2, -0.15) is 0 Å². The summed E-state index contributed by atoms with van der Waals surface area (Å²) in [7, 11) is 0. The van der Waals surface area contributed by atoms with Gasteiger partial charge in [0.05, 0.1) is 0 Å². The fraction of sp³-hybridized carbons (Fsp3) is 0.381. The molecule has 32 heavy (non-hydrogen) atoms. The summed E-state index contributed by atoms with van der Waals surface area (Å²) in [6, 6.07) is 11.8. The topological polar surface area (TPSA) is 66.4 Å². The number of amides is 1. The predicted molar refractivity (Wildman–Crippen MR) is 132 cm³/mol. The van der Waals surface area contributed by atoms with Gasteiger partial charge in [-0.1, -0.05) is 58.5 Å². The van der Waals surface area contributed by atoms with Crippen LogP contribution in [0.25, 0.3) is 0 Å². The summed E-state index contributed by atoms with van der Waals surface area (Å²) in [6.45, 7) is 1.93. The molecule has 11 heteroatoms. The summed E-state index contributed by atoms with van der Waals surface area (Å²) >= 11 is 30.0. The van der Waals surface area contributed by atoms with Gasteiger partial charge in [-0.15, -0.1) is 0 Å². The molecule has 1 saturated heterocycles. The SMILES string of the molecule is O=C(N[C@H](NC(=S)N1C[C@H]2C[C@H](C1)c1cccc(=O)n1C2)C(Cl)(Cl)Cl)c1cccc(Cl)c1. The summed E-state index contributed by atoms with van der Waals surface area (Å²) in [5, 5.41) is 6.47. The Morgan fingerprint density at radius 3 is 2.56 bits per heavy atom. The quantitative estimate of drug-likeness (QED) is 0.355. The van der Waals surface area contributed by atoms with Gasteiger partial charge in [0.2, 0.25) is 3.79 Å². The molecule has 1 amide bonds. The van der Waals surface area contributed by atoms with Crippen molar-refractivity contribution in [2.24, 2.45) is 5.92 Å². The smallest absolute Gasteiger partial charge is 0.253 e. The van der Waals surface area contributed by atoms with Crippen molar-refractivity contribution in [1.82, 2.24) is 20.1 Å². The maximum atomic E-state index is 12.7. The van der Waals surface area contributed by atoms with Gasteiger partial charge in [0.25, 0.3) is 11.5 Å². The predicted octanol–water partition coefficient (Wildman–Crippen LogP) is 3.92. The number of nitrogens with zero attached hydrogens (tertiary/aromatic N) is 2. The van der Waals surface area contributed by atoms with Gasteiger partial charge in [0.1, 0.15) is 6.17 Å². The number of rotatable bonds is 3. The van der Waals surface area contributed by atoms with E-state index < -0.39 is 15.9 Å². The Kier molecular flexibility index (Phi) is 6.94. The summed E-state index contributed by atoms with van der Waals surface area (Å²) in [5.41, 5.74) is 1.36. The number of benzene rings is 1. The number of hydrogen-bond acceptors (Lipinski definition) is 3. The third-order valence-corrected chi connectivity index (χ3v) is 6.99. The van der Waals surface area contributed by atoms with E-state index in [9.17, 15) is 9.59 Å². The molecule has 6 nitrogen and oxygen atoms in total. The number of likely N-dealkylation sites (tertiary alicyclic amines) is 1. The van der Waals surface area contributed by atoms with Crippen molar-refractivity contribution in [3.63, 3.8) is 0 Å². The van der Waals surface area contributed by atoms with Crippen LogP contribution in [-0.2, 0) is 6.54 Å². The van der Waals surface area contributed by atoms with E-state index in [0.717, 1.165) is 12.1 Å². The highest BCUT2D eigenvalue weighted by molar-refractivity contribution is 7.80. The zero-order valence-corrected chi connectivity index (χ0v) is 20.6. The molecule has 0 spiro atoms. The molecule has 2 bridgehead atoms. The van der Waals surface area contributed by atoms with Gasteiger partial charge >= 0.3 is 0 Å². The first-order chi connectivity index (χ1) is 15.1. The van der Waals surface area contributed by atoms with Crippen LogP contribution >= 0.6 is 58.6 Å². The second-order valence-electron chi connectivity index (χ2n) is 8.01. The molecule has 1 aromatic heterocycles. The Labute approximate surface area is 210 Å². The van der Waals surface area contributed by atoms with Gasteiger partial charge in [-0.3, -0.25) is 9.59 Å². The molecule has 2 aromatic rings. The highest BCUT2D eigenvalue weighted by Gasteiger charge is 2.39. The Morgan fingerprint density at radius 1 is 1.09 bits per heavy atom. The lowest BCUT2D eigenvalue weighted by atomic mass is 9.83. The summed E-state index contributed by atoms with van der Waals surface area (Å²) in [6.07, 6.45) is -0.0785. The lowest BCUT2D eigenvalue weighted by Gasteiger charge is -2.44. The van der Waals surface area contributed by atoms with Gasteiger partial charge in [-0.25, -0.2) is 0 Å². The zero-order valence-electron chi connectivity index (χ0n) is 16.7. The fourth-order valence-electron chi connectivity index (χ4n) is 4.32. The van der Waals surface area contributed by atoms with Crippen LogP contribution in [0.3, 0.4) is 0 Å². The number of carbonyl (C=O) groups excluding carboxylic acids is 1. The molecule has 170 valence electrons. The molecule has 1 aromatic carbocycles. The Balaban J connectivity index is 1.47. The third kappa shape index (κ3) is 5.18. The van der Waals surface area contributed by atoms with Crippen LogP contribution in [0.15, 0.2) is 47.3 Å². The Bertz CT molecular complexity index is 1100. The minimum Gasteiger partial charge on any atom is -0.348 e. The van der Waals surface area contributed by atoms with Gasteiger partial charge in [0.15, 0.2) is 5.11 Å². The number of halogens is 4. The number of aromatic nitrogens is 1. The summed E-state index contributed by atoms with van der Waals surface area (Å²) in [5.74, 6) is -0.0141. The van der Waals surface area contributed by atoms with Crippen molar-refractivity contribution in [1.29, 1.82) is 0 Å². The maximum absolute atomic E-state index is 12.7. The fourth-order valence-corrected chi connectivity index (χ4v) is 5.11. The van der Waals surface area contributed by atoms with E-state index in [1.807, 2.05) is 15.5 Å². The van der Waals surface area contributed by atoms with Crippen LogP contribution in [-0.4, -0.2) is 43.5 Å². The number of pyridine rings is 1. The van der Waals surface area contributed by atoms with Crippen molar-refractivity contribution in [2.45, 2.75) is 28.8 Å². The number of alkyl halides is 3. The molecule has 2 N–H and O–H groups in total. The molecule has 0 radical (unpaired) electrons. The van der Waals surface area contributed by atoms with E-state index in [0.29, 0.717) is 35.3 Å². The minimum atomic E-state index is -1.86. The first-order valence-corrected chi connectivity index (χ1v) is 11.9. The number of fused-ring (bicyclic) bond motifs is 4. The van der Waals surface area contributed by atoms with E-state index in [2.05, 4.69) is 10.6 Å². The van der Waals surface area contributed by atoms with Crippen molar-refractivity contribution >= 4 is 69.6 Å². The average Bonchev–Trinajstić information content (AvgIpc) is 2.73. The molecule has 3 heterocycles. The molecule has 0 aliphatic carbocycles. The van der Waals surface area contributed by atoms with Crippen LogP contribution in [0.1, 0.15) is 28.4 Å². The van der Waals surface area contributed by atoms with E-state index in [1.165, 1.54) is 6.07 Å². The summed E-state index contributed by atoms with van der Waals surface area (Å²) < 4.78 is -0.00809. The maximum Gasteiger partial charge on any atom is 0.253 e. The first kappa shape index (κ1) is 23.6. The number of nitrogens with one attached hydrogen (secondary N) is 2. The molecule has 0 saturated carbocycles. The van der Waals surface area contributed by atoms with Crippen molar-refractivity contribution < 1.29 is 4.79 Å². The van der Waals surface area contributed by atoms with Crippen LogP contribution in [0.5, 0.6) is 0 Å². The summed E-state index contributed by atoms with van der Waals surface area (Å²) in [4.78, 5) is 26.9. The van der Waals surface area contributed by atoms with E-state index in [1.54, 1.807) is 30.3 Å². The molecule has 0 unspecified atom stereocenters. The van der Waals surface area contributed by atoms with Crippen LogP contribution in [0.4, 0.5) is 0 Å². The van der Waals surface area contributed by atoms with Crippen LogP contribution < -0.4 is 16.2 Å². The largest absolute Gasteiger partial charge is 0.348 e. The Hall–Kier alpha value is -1.51. The third-order valence-electron chi connectivity index (χ3n) is 5.72. The number of piperidine rings is 1. The molecular formula is C21H20Cl4N4O2S. The van der Waals surface area contributed by atoms with E-state index in [4.69, 9.17) is 58.6 Å². The molecule has 2 aliphatic rings. The minimum absolute atomic E-state index is 0.0198. The second kappa shape index (κ2) is 9.39. The van der Waals surface area contributed by atoms with Crippen molar-refractivity contribution in [3.8, 4) is 0 Å². The van der Waals surface area contributed by atoms with E-state index in [-0.39, 0.29) is 17.4 Å². The molecular weight excluding hydrogens is 514 g/mol. The highest BCUT2D eigenvalue weighted by atomic mass is 35.6. The van der Waals surface area contributed by atoms with Gasteiger partial charge < -0.3 is 20.1 Å². The van der Waals surface area contributed by atoms with Gasteiger partial charge in [0, 0.05) is 47.9 Å². The lowest BCUT2D eigenvalue weighted by molar-refractivity contribution is 0.0932. The van der Waals surface area contributed by atoms with Crippen molar-refractivity contribution in [3.05, 3.63) is 69.1 Å². The highest BCUT2D eigenvalue weighted by Crippen LogP contribution is 2.35. The average molecular weight is 534 g/mol. The zero-order chi connectivity index (χ0) is 23.0. The van der Waals surface area contributed by atoms with Crippen LogP contribution in [0.2, 0.25) is 5.02 Å². The molecule has 1 fully saturated rings. The standard InChI is InChI=1S/C21H20Cl4N4O2S/c22-15-4-1-3-13(8-15)18(31)26-19(21(23,24)25)27-20(32)28-9-12-7-14(11-28)16-5-2-6-17(30)29(16)10-12/h1-6,8,12,14,19H,7,9-11H2,(H,26,31)(H,27,32)/t12-,14-,19-/m1/s1. The lowest BCUT2D eigenvalue weighted by Crippen LogP contribution is -2.60. The van der Waals surface area contributed by atoms with Crippen LogP contribution in [0, 0.1) is 5.92 Å². The number of thiocarbonyl (C=S) groups is 1. The molecule has 3 atom stereocenters. The molecule has 2 aliphatic heterocycles. The monoisotopic (exact) mass is 532 g/mol. The first-order valence-electron chi connectivity index (χ1n) is 10.00. The molecule has 4 rings (SSSR count). The number of hydrogen-bond donors (Lipinski definition) is 2. The van der Waals surface area contributed by atoms with Gasteiger partial charge in [-0.05, 0) is 48.8 Å². The van der Waals surface area contributed by atoms with E-state index >= 15 is 0 Å². The number of carbonyl (C=O) groups is 1.